The molecule has 0 fully saturated rings. The molecule has 10 heavy (non-hydrogen) atoms. The first-order chi connectivity index (χ1) is 2.00. The fraction of sp³-hybridized carbons (Fsp3) is 0. The van der Waals surface area contributed by atoms with E-state index >= 15 is 0 Å². The van der Waals surface area contributed by atoms with Crippen molar-refractivity contribution in [3.63, 3.8) is 0 Å². The molecule has 1 atom stereocenters. The molecule has 0 amide bonds. The molecule has 0 heterocycles. The third-order valence-electron chi connectivity index (χ3n) is 0. The molecule has 58 valence electrons. The molecule has 0 saturated heterocycles. The zero-order valence-electron chi connectivity index (χ0n) is 2.83. The Labute approximate surface area is 157 Å². The second-order valence-electron chi connectivity index (χ2n) is 0.448. The molecule has 0 bridgehead atoms. The van der Waals surface area contributed by atoms with Gasteiger partial charge in [0, 0.05) is 0 Å². The second-order valence-corrected chi connectivity index (χ2v) is 1.34. The largest absolute Gasteiger partial charge is 0.316 e. The van der Waals surface area contributed by atoms with Crippen LogP contribution in [-0.2, 0) is 10.4 Å². The van der Waals surface area contributed by atoms with Crippen molar-refractivity contribution < 1.29 is 17.5 Å². The Morgan fingerprint density at radius 2 is 1.10 bits per heavy atom. The summed E-state index contributed by atoms with van der Waals surface area (Å²) in [5.74, 6) is 0. The maximum atomic E-state index is 8.74. The predicted octanol–water partition coefficient (Wildman–Crippen LogP) is -4.53. The van der Waals surface area contributed by atoms with Gasteiger partial charge in [-0.15, -0.1) is 0 Å². The minimum Gasteiger partial charge on any atom is -0.0149 e. The van der Waals surface area contributed by atoms with Gasteiger partial charge >= 0.3 is 123 Å². The summed E-state index contributed by atoms with van der Waals surface area (Å²) in [7, 11) is -4.67. The average molecular weight is 273 g/mol. The second kappa shape index (κ2) is 18.9. The van der Waals surface area contributed by atoms with Crippen LogP contribution in [-0.4, -0.2) is 141 Å². The first-order valence-corrected chi connectivity index (χ1v) is 2.10. The Morgan fingerprint density at radius 3 is 1.10 bits per heavy atom. The molecule has 0 aromatic heterocycles. The Morgan fingerprint density at radius 1 is 1.10 bits per heavy atom. The Hall–Kier alpha value is 4.18. The first-order valence-electron chi connectivity index (χ1n) is 0.698. The smallest absolute Gasteiger partial charge is 0.0149 e. The quantitative estimate of drug-likeness (QED) is 0.265. The maximum absolute atomic E-state index is 8.74. The van der Waals surface area contributed by atoms with E-state index in [9.17, 15) is 0 Å². The first kappa shape index (κ1) is 36.8. The molecule has 0 spiro atoms. The van der Waals surface area contributed by atoms with Crippen LogP contribution in [0.4, 0.5) is 0 Å². The molecule has 0 aliphatic carbocycles. The zero-order chi connectivity index (χ0) is 4.50. The normalized spacial score (nSPS) is 5.80. The minimum absolute atomic E-state index is 0. The summed E-state index contributed by atoms with van der Waals surface area (Å²) in [6.07, 6.45) is 0. The van der Waals surface area contributed by atoms with Crippen LogP contribution in [0.5, 0.6) is 0 Å². The van der Waals surface area contributed by atoms with Crippen molar-refractivity contribution in [2.24, 2.45) is 0 Å². The fourth-order valence-electron chi connectivity index (χ4n) is 0. The monoisotopic (exact) mass is 272 g/mol. The number of rotatable bonds is 0. The van der Waals surface area contributed by atoms with Crippen molar-refractivity contribution in [1.82, 2.24) is 0 Å². The van der Waals surface area contributed by atoms with E-state index in [2.05, 4.69) is 0 Å². The van der Waals surface area contributed by atoms with Gasteiger partial charge in [-0.05, 0) is 11.0 Å². The van der Waals surface area contributed by atoms with Gasteiger partial charge in [0.05, 0.1) is 0 Å². The van der Waals surface area contributed by atoms with E-state index < -0.39 is 10.4 Å². The van der Waals surface area contributed by atoms with Gasteiger partial charge in [0.1, 0.15) is 0 Å². The van der Waals surface area contributed by atoms with E-state index in [1.807, 2.05) is 0 Å². The van der Waals surface area contributed by atoms with Crippen LogP contribution < -0.4 is 0 Å². The molecular weight excluding hydrogens is 259 g/mol. The molecule has 4 nitrogen and oxygen atoms in total. The summed E-state index contributed by atoms with van der Waals surface area (Å²) >= 11 is 0. The Balaban J connectivity index is -0.00000000800. The predicted molar refractivity (Wildman–Crippen MR) is 60.9 cm³/mol. The van der Waals surface area contributed by atoms with E-state index in [0.717, 1.165) is 0 Å². The van der Waals surface area contributed by atoms with Gasteiger partial charge in [-0.2, -0.15) is 18.3 Å². The molecule has 0 aromatic carbocycles. The van der Waals surface area contributed by atoms with Gasteiger partial charge in [-0.3, -0.25) is 9.11 Å². The molecule has 0 aromatic rings. The van der Waals surface area contributed by atoms with Gasteiger partial charge in [-0.1, -0.05) is 0 Å². The van der Waals surface area contributed by atoms with Crippen molar-refractivity contribution in [2.75, 3.05) is 0 Å². The van der Waals surface area contributed by atoms with Crippen LogP contribution in [0, 0.1) is 0 Å². The summed E-state index contributed by atoms with van der Waals surface area (Å²) < 4.78 is 31.6. The standard InChI is InChI=1S/Ca.K.Mg.H2O4S.H3P.H4Si.5H/c;;;1-5(2,3)4;;;;;;;/h;;;(H2,1,2,3,4);1H3;1H4;;;;;. The number of hydrogen-bond acceptors (Lipinski definition) is 2. The van der Waals surface area contributed by atoms with E-state index in [0.29, 0.717) is 0 Å². The molecule has 1 unspecified atom stereocenters. The van der Waals surface area contributed by atoms with Crippen LogP contribution in [0.3, 0.4) is 0 Å². The van der Waals surface area contributed by atoms with Gasteiger partial charge < -0.3 is 0 Å². The molecule has 0 aliphatic heterocycles. The zero-order valence-corrected chi connectivity index (χ0v) is 5.06. The fourth-order valence-corrected chi connectivity index (χ4v) is 0. The van der Waals surface area contributed by atoms with Gasteiger partial charge in [-0.25, -0.2) is 0 Å². The van der Waals surface area contributed by atoms with Crippen molar-refractivity contribution in [2.45, 2.75) is 0 Å². The topological polar surface area (TPSA) is 74.6 Å². The van der Waals surface area contributed by atoms with E-state index in [1.165, 1.54) is 0 Å². The summed E-state index contributed by atoms with van der Waals surface area (Å²) in [5.41, 5.74) is 0. The van der Waals surface area contributed by atoms with Crippen LogP contribution >= 0.6 is 9.90 Å². The van der Waals surface area contributed by atoms with Gasteiger partial charge in [0.15, 0.2) is 0 Å². The average Bonchev–Trinajstić information content (AvgIpc) is 0.722. The molecule has 2 N–H and O–H groups in total. The van der Waals surface area contributed by atoms with Gasteiger partial charge in [0.25, 0.3) is 0 Å². The third-order valence-corrected chi connectivity index (χ3v) is 0. The van der Waals surface area contributed by atoms with Gasteiger partial charge in [0.2, 0.25) is 0 Å². The third kappa shape index (κ3) is 87.1. The van der Waals surface area contributed by atoms with E-state index in [1.54, 1.807) is 0 Å². The Kier molecular flexibility index (Phi) is 69.5. The summed E-state index contributed by atoms with van der Waals surface area (Å²) in [6, 6.07) is 0. The molecule has 0 saturated carbocycles. The molecular formula is H14CaKMgO4PSSi. The molecule has 0 radical (unpaired) electrons. The summed E-state index contributed by atoms with van der Waals surface area (Å²) in [5, 5.41) is 0. The minimum atomic E-state index is -4.67. The van der Waals surface area contributed by atoms with Crippen molar-refractivity contribution in [3.8, 4) is 0 Å². The van der Waals surface area contributed by atoms with Crippen LogP contribution in [0.25, 0.3) is 0 Å². The van der Waals surface area contributed by atoms with Crippen LogP contribution in [0.1, 0.15) is 0 Å². The molecule has 0 rings (SSSR count). The van der Waals surface area contributed by atoms with E-state index in [4.69, 9.17) is 17.5 Å². The van der Waals surface area contributed by atoms with Crippen LogP contribution in [0.15, 0.2) is 0 Å². The van der Waals surface area contributed by atoms with E-state index in [-0.39, 0.29) is 133 Å². The SMILES string of the molecule is O=S(=O)(O)O.P.[CaH2].[KH].[MgH2].[SiH4]. The van der Waals surface area contributed by atoms with Crippen molar-refractivity contribution in [3.05, 3.63) is 0 Å². The Bertz CT molecular complexity index is 108. The van der Waals surface area contributed by atoms with Crippen molar-refractivity contribution >= 4 is 143 Å². The summed E-state index contributed by atoms with van der Waals surface area (Å²) in [6.45, 7) is 0. The summed E-state index contributed by atoms with van der Waals surface area (Å²) in [4.78, 5) is 0. The van der Waals surface area contributed by atoms with Crippen molar-refractivity contribution in [1.29, 1.82) is 0 Å². The number of hydrogen-bond donors (Lipinski definition) is 2. The molecule has 10 heteroatoms. The van der Waals surface area contributed by atoms with Crippen LogP contribution in [0.2, 0.25) is 0 Å². The maximum Gasteiger partial charge on any atom is 0.316 e. The molecule has 0 aliphatic rings.